The van der Waals surface area contributed by atoms with Gasteiger partial charge in [0, 0.05) is 20.3 Å². The lowest BCUT2D eigenvalue weighted by molar-refractivity contribution is 0.187. The molecule has 0 fully saturated rings. The van der Waals surface area contributed by atoms with Crippen molar-refractivity contribution in [1.29, 1.82) is 0 Å². The molecule has 2 heterocycles. The number of methoxy groups -OCH3 is 1. The van der Waals surface area contributed by atoms with E-state index in [0.29, 0.717) is 11.6 Å². The van der Waals surface area contributed by atoms with Gasteiger partial charge in [0.05, 0.1) is 9.72 Å². The molecular weight excluding hydrogens is 330 g/mol. The Morgan fingerprint density at radius 3 is 3.14 bits per heavy atom. The van der Waals surface area contributed by atoms with Crippen LogP contribution in [0.2, 0.25) is 5.02 Å². The van der Waals surface area contributed by atoms with Crippen molar-refractivity contribution in [2.75, 3.05) is 13.7 Å². The summed E-state index contributed by atoms with van der Waals surface area (Å²) in [7, 11) is 1.68. The molecule has 1 aromatic carbocycles. The molecule has 0 aliphatic rings. The van der Waals surface area contributed by atoms with Gasteiger partial charge in [0.2, 0.25) is 5.16 Å². The fourth-order valence-electron chi connectivity index (χ4n) is 1.78. The second kappa shape index (κ2) is 6.69. The normalized spacial score (nSPS) is 11.3. The zero-order valence-electron chi connectivity index (χ0n) is 11.2. The van der Waals surface area contributed by atoms with Gasteiger partial charge in [-0.3, -0.25) is 0 Å². The van der Waals surface area contributed by atoms with Crippen molar-refractivity contribution in [3.8, 4) is 0 Å². The molecule has 0 saturated carbocycles. The number of fused-ring (bicyclic) bond motifs is 1. The van der Waals surface area contributed by atoms with Crippen LogP contribution in [0.25, 0.3) is 10.2 Å². The first-order chi connectivity index (χ1) is 10.3. The number of aryl methyl sites for hydroxylation is 1. The topological polar surface area (TPSA) is 65.7 Å². The summed E-state index contributed by atoms with van der Waals surface area (Å²) in [5, 5.41) is 13.1. The fourth-order valence-corrected chi connectivity index (χ4v) is 4.04. The van der Waals surface area contributed by atoms with Gasteiger partial charge in [-0.2, -0.15) is 0 Å². The number of ether oxygens (including phenoxy) is 1. The van der Waals surface area contributed by atoms with E-state index < -0.39 is 0 Å². The highest BCUT2D eigenvalue weighted by Crippen LogP contribution is 2.35. The summed E-state index contributed by atoms with van der Waals surface area (Å²) in [5.41, 5.74) is 0.824. The first kappa shape index (κ1) is 14.7. The minimum Gasteiger partial charge on any atom is -0.385 e. The van der Waals surface area contributed by atoms with Gasteiger partial charge in [0.15, 0.2) is 4.34 Å². The van der Waals surface area contributed by atoms with Crippen molar-refractivity contribution in [2.24, 2.45) is 0 Å². The van der Waals surface area contributed by atoms with E-state index in [2.05, 4.69) is 20.5 Å². The standard InChI is InChI=1S/C12H12ClN5OS2/c1-19-7-3-6-18-11(15-16-17-18)21-12-14-10-8(13)4-2-5-9(10)20-12/h2,4-5H,3,6-7H2,1H3. The predicted octanol–water partition coefficient (Wildman–Crippen LogP) is 3.12. The molecule has 21 heavy (non-hydrogen) atoms. The van der Waals surface area contributed by atoms with Crippen LogP contribution < -0.4 is 0 Å². The van der Waals surface area contributed by atoms with Crippen molar-refractivity contribution in [3.05, 3.63) is 23.2 Å². The molecule has 110 valence electrons. The van der Waals surface area contributed by atoms with Crippen molar-refractivity contribution < 1.29 is 4.74 Å². The number of halogens is 1. The Kier molecular flexibility index (Phi) is 4.69. The molecule has 0 amide bonds. The Bertz CT molecular complexity index is 744. The monoisotopic (exact) mass is 341 g/mol. The van der Waals surface area contributed by atoms with Crippen LogP contribution in [0.3, 0.4) is 0 Å². The molecule has 3 rings (SSSR count). The number of tetrazole rings is 1. The van der Waals surface area contributed by atoms with Gasteiger partial charge >= 0.3 is 0 Å². The van der Waals surface area contributed by atoms with Gasteiger partial charge in [0.1, 0.15) is 5.52 Å². The molecule has 0 aliphatic carbocycles. The van der Waals surface area contributed by atoms with Crippen LogP contribution in [0.5, 0.6) is 0 Å². The van der Waals surface area contributed by atoms with Crippen LogP contribution in [0.1, 0.15) is 6.42 Å². The van der Waals surface area contributed by atoms with Gasteiger partial charge in [0.25, 0.3) is 0 Å². The molecule has 0 spiro atoms. The highest BCUT2D eigenvalue weighted by atomic mass is 35.5. The average molecular weight is 342 g/mol. The molecule has 0 atom stereocenters. The highest BCUT2D eigenvalue weighted by Gasteiger charge is 2.13. The Balaban J connectivity index is 1.79. The number of nitrogens with zero attached hydrogens (tertiary/aromatic N) is 5. The average Bonchev–Trinajstić information content (AvgIpc) is 3.07. The third kappa shape index (κ3) is 3.34. The number of hydrogen-bond donors (Lipinski definition) is 0. The highest BCUT2D eigenvalue weighted by molar-refractivity contribution is 8.01. The summed E-state index contributed by atoms with van der Waals surface area (Å²) < 4.78 is 8.73. The van der Waals surface area contributed by atoms with E-state index in [4.69, 9.17) is 16.3 Å². The summed E-state index contributed by atoms with van der Waals surface area (Å²) in [6, 6.07) is 5.77. The van der Waals surface area contributed by atoms with Gasteiger partial charge in [-0.25, -0.2) is 9.67 Å². The van der Waals surface area contributed by atoms with Crippen LogP contribution in [0.15, 0.2) is 27.7 Å². The van der Waals surface area contributed by atoms with Gasteiger partial charge < -0.3 is 4.74 Å². The third-order valence-corrected chi connectivity index (χ3v) is 5.11. The van der Waals surface area contributed by atoms with Crippen molar-refractivity contribution >= 4 is 44.9 Å². The summed E-state index contributed by atoms with van der Waals surface area (Å²) in [5.74, 6) is 0. The van der Waals surface area contributed by atoms with E-state index in [1.807, 2.05) is 18.2 Å². The number of rotatable bonds is 6. The summed E-state index contributed by atoms with van der Waals surface area (Å²) in [6.07, 6.45) is 0.862. The van der Waals surface area contributed by atoms with Crippen molar-refractivity contribution in [2.45, 2.75) is 22.5 Å². The molecule has 0 bridgehead atoms. The fraction of sp³-hybridized carbons (Fsp3) is 0.333. The van der Waals surface area contributed by atoms with E-state index >= 15 is 0 Å². The SMILES string of the molecule is COCCCn1nnnc1Sc1nc2c(Cl)cccc2s1. The largest absolute Gasteiger partial charge is 0.385 e. The smallest absolute Gasteiger partial charge is 0.216 e. The van der Waals surface area contributed by atoms with Gasteiger partial charge in [-0.15, -0.1) is 16.4 Å². The lowest BCUT2D eigenvalue weighted by Crippen LogP contribution is -2.04. The van der Waals surface area contributed by atoms with Crippen LogP contribution in [-0.2, 0) is 11.3 Å². The molecule has 9 heteroatoms. The number of benzene rings is 1. The Morgan fingerprint density at radius 1 is 1.43 bits per heavy atom. The Morgan fingerprint density at radius 2 is 2.33 bits per heavy atom. The number of aromatic nitrogens is 5. The third-order valence-electron chi connectivity index (χ3n) is 2.75. The summed E-state index contributed by atoms with van der Waals surface area (Å²) in [4.78, 5) is 4.54. The zero-order valence-corrected chi connectivity index (χ0v) is 13.6. The molecule has 6 nitrogen and oxygen atoms in total. The minimum absolute atomic E-state index is 0.662. The Hall–Kier alpha value is -1.22. The van der Waals surface area contributed by atoms with Crippen LogP contribution in [0, 0.1) is 0 Å². The Labute approximate surface area is 134 Å². The molecule has 0 aliphatic heterocycles. The van der Waals surface area contributed by atoms with E-state index in [1.165, 1.54) is 11.8 Å². The van der Waals surface area contributed by atoms with Crippen LogP contribution in [0.4, 0.5) is 0 Å². The van der Waals surface area contributed by atoms with Crippen LogP contribution >= 0.6 is 34.7 Å². The number of para-hydroxylation sites is 1. The molecule has 0 saturated heterocycles. The van der Waals surface area contributed by atoms with Crippen LogP contribution in [-0.4, -0.2) is 38.9 Å². The lowest BCUT2D eigenvalue weighted by Gasteiger charge is -2.01. The maximum Gasteiger partial charge on any atom is 0.216 e. The zero-order chi connectivity index (χ0) is 14.7. The molecule has 3 aromatic rings. The maximum atomic E-state index is 6.14. The number of thiazole rings is 1. The molecule has 0 N–H and O–H groups in total. The van der Waals surface area contributed by atoms with E-state index in [1.54, 1.807) is 23.1 Å². The first-order valence-electron chi connectivity index (χ1n) is 6.26. The molecule has 0 radical (unpaired) electrons. The maximum absolute atomic E-state index is 6.14. The van der Waals surface area contributed by atoms with E-state index in [9.17, 15) is 0 Å². The first-order valence-corrected chi connectivity index (χ1v) is 8.27. The molecule has 0 unspecified atom stereocenters. The second-order valence-electron chi connectivity index (χ2n) is 4.20. The number of hydrogen-bond acceptors (Lipinski definition) is 7. The lowest BCUT2D eigenvalue weighted by atomic mass is 10.3. The predicted molar refractivity (Wildman–Crippen MR) is 83.1 cm³/mol. The quantitative estimate of drug-likeness (QED) is 0.642. The molecule has 2 aromatic heterocycles. The van der Waals surface area contributed by atoms with E-state index in [0.717, 1.165) is 32.7 Å². The van der Waals surface area contributed by atoms with E-state index in [-0.39, 0.29) is 0 Å². The minimum atomic E-state index is 0.662. The van der Waals surface area contributed by atoms with Crippen molar-refractivity contribution in [1.82, 2.24) is 25.2 Å². The van der Waals surface area contributed by atoms with Gasteiger partial charge in [-0.05, 0) is 40.7 Å². The second-order valence-corrected chi connectivity index (χ2v) is 6.85. The van der Waals surface area contributed by atoms with Gasteiger partial charge in [-0.1, -0.05) is 17.7 Å². The van der Waals surface area contributed by atoms with Crippen molar-refractivity contribution in [3.63, 3.8) is 0 Å². The molecular formula is C12H12ClN5OS2. The summed E-state index contributed by atoms with van der Waals surface area (Å²) in [6.45, 7) is 1.40. The summed E-state index contributed by atoms with van der Waals surface area (Å²) >= 11 is 9.17.